The summed E-state index contributed by atoms with van der Waals surface area (Å²) in [6, 6.07) is 7.75. The molecule has 1 rings (SSSR count). The van der Waals surface area contributed by atoms with E-state index in [0.29, 0.717) is 6.54 Å². The Morgan fingerprint density at radius 1 is 1.35 bits per heavy atom. The summed E-state index contributed by atoms with van der Waals surface area (Å²) >= 11 is 2.21. The van der Waals surface area contributed by atoms with Crippen molar-refractivity contribution in [3.05, 3.63) is 27.8 Å². The average Bonchev–Trinajstić information content (AvgIpc) is 2.30. The molecule has 0 heterocycles. The zero-order chi connectivity index (χ0) is 12.9. The minimum Gasteiger partial charge on any atom is -0.324 e. The zero-order valence-electron chi connectivity index (χ0n) is 10.5. The van der Waals surface area contributed by atoms with Gasteiger partial charge in [-0.3, -0.25) is 4.79 Å². The summed E-state index contributed by atoms with van der Waals surface area (Å²) in [7, 11) is 0. The summed E-state index contributed by atoms with van der Waals surface area (Å²) in [5.41, 5.74) is 0.871. The second-order valence-corrected chi connectivity index (χ2v) is 5.78. The van der Waals surface area contributed by atoms with Crippen molar-refractivity contribution in [1.82, 2.24) is 5.32 Å². The van der Waals surface area contributed by atoms with E-state index in [0.717, 1.165) is 15.7 Å². The average molecular weight is 346 g/mol. The normalized spacial score (nSPS) is 11.3. The molecule has 1 aromatic carbocycles. The van der Waals surface area contributed by atoms with Crippen molar-refractivity contribution in [3.63, 3.8) is 0 Å². The minimum absolute atomic E-state index is 0.00117. The molecule has 4 heteroatoms. The molecule has 17 heavy (non-hydrogen) atoms. The molecule has 0 atom stereocenters. The van der Waals surface area contributed by atoms with Gasteiger partial charge in [0.2, 0.25) is 5.91 Å². The van der Waals surface area contributed by atoms with Crippen LogP contribution in [0.1, 0.15) is 27.2 Å². The number of hydrogen-bond acceptors (Lipinski definition) is 2. The molecule has 0 aromatic heterocycles. The highest BCUT2D eigenvalue weighted by Gasteiger charge is 2.15. The maximum Gasteiger partial charge on any atom is 0.238 e. The van der Waals surface area contributed by atoms with Gasteiger partial charge in [-0.2, -0.15) is 0 Å². The van der Waals surface area contributed by atoms with Crippen molar-refractivity contribution in [2.45, 2.75) is 32.7 Å². The number of para-hydroxylation sites is 1. The Balaban J connectivity index is 2.48. The Kier molecular flexibility index (Phi) is 5.39. The number of amides is 1. The van der Waals surface area contributed by atoms with Crippen LogP contribution >= 0.6 is 22.6 Å². The molecular formula is C13H19IN2O. The van der Waals surface area contributed by atoms with E-state index < -0.39 is 0 Å². The molecule has 1 aromatic rings. The van der Waals surface area contributed by atoms with E-state index in [1.807, 2.05) is 24.3 Å². The van der Waals surface area contributed by atoms with Crippen LogP contribution in [0.4, 0.5) is 5.69 Å². The topological polar surface area (TPSA) is 41.1 Å². The van der Waals surface area contributed by atoms with Crippen LogP contribution in [0.25, 0.3) is 0 Å². The molecule has 0 fully saturated rings. The predicted octanol–water partition coefficient (Wildman–Crippen LogP) is 3.01. The standard InChI is InChI=1S/C13H19IN2O/c1-4-13(2,3)15-9-12(17)16-11-8-6-5-7-10(11)14/h5-8,15H,4,9H2,1-3H3,(H,16,17). The van der Waals surface area contributed by atoms with Crippen LogP contribution in [0, 0.1) is 3.57 Å². The van der Waals surface area contributed by atoms with Crippen molar-refractivity contribution in [3.8, 4) is 0 Å². The number of hydrogen-bond donors (Lipinski definition) is 2. The van der Waals surface area contributed by atoms with Crippen molar-refractivity contribution in [2.24, 2.45) is 0 Å². The van der Waals surface area contributed by atoms with Crippen molar-refractivity contribution in [1.29, 1.82) is 0 Å². The van der Waals surface area contributed by atoms with Gasteiger partial charge in [0.1, 0.15) is 0 Å². The summed E-state index contributed by atoms with van der Waals surface area (Å²) in [6.07, 6.45) is 0.989. The second-order valence-electron chi connectivity index (χ2n) is 4.62. The first-order chi connectivity index (χ1) is 7.94. The highest BCUT2D eigenvalue weighted by molar-refractivity contribution is 14.1. The lowest BCUT2D eigenvalue weighted by atomic mass is 10.0. The number of carbonyl (C=O) groups is 1. The lowest BCUT2D eigenvalue weighted by Gasteiger charge is -2.24. The molecule has 1 amide bonds. The minimum atomic E-state index is -0.00404. The Morgan fingerprint density at radius 3 is 2.59 bits per heavy atom. The fourth-order valence-corrected chi connectivity index (χ4v) is 1.72. The summed E-state index contributed by atoms with van der Waals surface area (Å²) in [4.78, 5) is 11.8. The number of benzene rings is 1. The van der Waals surface area contributed by atoms with Gasteiger partial charge in [0.15, 0.2) is 0 Å². The maximum absolute atomic E-state index is 11.8. The number of anilines is 1. The molecule has 0 saturated carbocycles. The van der Waals surface area contributed by atoms with E-state index in [9.17, 15) is 4.79 Å². The van der Waals surface area contributed by atoms with Crippen LogP contribution in [-0.4, -0.2) is 18.0 Å². The summed E-state index contributed by atoms with van der Waals surface area (Å²) < 4.78 is 1.05. The molecule has 2 N–H and O–H groups in total. The summed E-state index contributed by atoms with van der Waals surface area (Å²) in [5.74, 6) is -0.00404. The van der Waals surface area contributed by atoms with Gasteiger partial charge in [0.05, 0.1) is 12.2 Å². The first-order valence-corrected chi connectivity index (χ1v) is 6.82. The monoisotopic (exact) mass is 346 g/mol. The molecule has 0 radical (unpaired) electrons. The van der Waals surface area contributed by atoms with Gasteiger partial charge >= 0.3 is 0 Å². The first kappa shape index (κ1) is 14.4. The zero-order valence-corrected chi connectivity index (χ0v) is 12.7. The van der Waals surface area contributed by atoms with Crippen LogP contribution in [0.15, 0.2) is 24.3 Å². The third-order valence-electron chi connectivity index (χ3n) is 2.76. The number of halogens is 1. The van der Waals surface area contributed by atoms with Gasteiger partial charge in [0, 0.05) is 9.11 Å². The van der Waals surface area contributed by atoms with Gasteiger partial charge in [-0.25, -0.2) is 0 Å². The fraction of sp³-hybridized carbons (Fsp3) is 0.462. The molecule has 0 aliphatic heterocycles. The smallest absolute Gasteiger partial charge is 0.238 e. The van der Waals surface area contributed by atoms with Crippen LogP contribution < -0.4 is 10.6 Å². The molecular weight excluding hydrogens is 327 g/mol. The van der Waals surface area contributed by atoms with E-state index in [4.69, 9.17) is 0 Å². The fourth-order valence-electron chi connectivity index (χ4n) is 1.20. The van der Waals surface area contributed by atoms with Crippen LogP contribution in [0.3, 0.4) is 0 Å². The van der Waals surface area contributed by atoms with Gasteiger partial charge in [-0.1, -0.05) is 19.1 Å². The van der Waals surface area contributed by atoms with Crippen molar-refractivity contribution >= 4 is 34.2 Å². The lowest BCUT2D eigenvalue weighted by molar-refractivity contribution is -0.115. The van der Waals surface area contributed by atoms with Crippen LogP contribution in [-0.2, 0) is 4.79 Å². The molecule has 0 aliphatic carbocycles. The van der Waals surface area contributed by atoms with Crippen LogP contribution in [0.5, 0.6) is 0 Å². The number of carbonyl (C=O) groups excluding carboxylic acids is 1. The van der Waals surface area contributed by atoms with E-state index in [2.05, 4.69) is 54.0 Å². The molecule has 3 nitrogen and oxygen atoms in total. The lowest BCUT2D eigenvalue weighted by Crippen LogP contribution is -2.43. The van der Waals surface area contributed by atoms with E-state index in [-0.39, 0.29) is 11.4 Å². The third kappa shape index (κ3) is 5.04. The maximum atomic E-state index is 11.8. The summed E-state index contributed by atoms with van der Waals surface area (Å²) in [5, 5.41) is 6.13. The van der Waals surface area contributed by atoms with E-state index >= 15 is 0 Å². The third-order valence-corrected chi connectivity index (χ3v) is 3.70. The SMILES string of the molecule is CCC(C)(C)NCC(=O)Nc1ccccc1I. The quantitative estimate of drug-likeness (QED) is 0.805. The highest BCUT2D eigenvalue weighted by Crippen LogP contribution is 2.16. The van der Waals surface area contributed by atoms with Gasteiger partial charge in [-0.05, 0) is 55.0 Å². The Labute approximate surface area is 117 Å². The van der Waals surface area contributed by atoms with Gasteiger partial charge < -0.3 is 10.6 Å². The molecule has 0 aliphatic rings. The van der Waals surface area contributed by atoms with Crippen molar-refractivity contribution < 1.29 is 4.79 Å². The number of rotatable bonds is 5. The first-order valence-electron chi connectivity index (χ1n) is 5.74. The molecule has 0 spiro atoms. The predicted molar refractivity (Wildman–Crippen MR) is 80.2 cm³/mol. The Morgan fingerprint density at radius 2 is 2.00 bits per heavy atom. The van der Waals surface area contributed by atoms with Crippen LogP contribution in [0.2, 0.25) is 0 Å². The molecule has 0 saturated heterocycles. The molecule has 0 bridgehead atoms. The second kappa shape index (κ2) is 6.35. The Hall–Kier alpha value is -0.620. The largest absolute Gasteiger partial charge is 0.324 e. The Bertz CT molecular complexity index is 391. The van der Waals surface area contributed by atoms with E-state index in [1.165, 1.54) is 0 Å². The highest BCUT2D eigenvalue weighted by atomic mass is 127. The van der Waals surface area contributed by atoms with Gasteiger partial charge in [-0.15, -0.1) is 0 Å². The van der Waals surface area contributed by atoms with Crippen molar-refractivity contribution in [2.75, 3.05) is 11.9 Å². The van der Waals surface area contributed by atoms with Gasteiger partial charge in [0.25, 0.3) is 0 Å². The molecule has 94 valence electrons. The summed E-state index contributed by atoms with van der Waals surface area (Å²) in [6.45, 7) is 6.62. The molecule has 0 unspecified atom stereocenters. The van der Waals surface area contributed by atoms with E-state index in [1.54, 1.807) is 0 Å². The number of nitrogens with one attached hydrogen (secondary N) is 2.